The van der Waals surface area contributed by atoms with Crippen LogP contribution in [-0.2, 0) is 23.0 Å². The van der Waals surface area contributed by atoms with E-state index in [1.807, 2.05) is 30.3 Å². The Morgan fingerprint density at radius 3 is 2.68 bits per heavy atom. The zero-order chi connectivity index (χ0) is 13.7. The Balaban J connectivity index is 2.09. The quantitative estimate of drug-likeness (QED) is 0.753. The summed E-state index contributed by atoms with van der Waals surface area (Å²) in [6.45, 7) is 0. The minimum absolute atomic E-state index is 0.241. The van der Waals surface area contributed by atoms with Crippen LogP contribution in [0.4, 0.5) is 0 Å². The number of rotatable bonds is 5. The number of hydrogen-bond acceptors (Lipinski definition) is 5. The van der Waals surface area contributed by atoms with Crippen LogP contribution >= 0.6 is 0 Å². The molecule has 0 aliphatic heterocycles. The van der Waals surface area contributed by atoms with E-state index in [1.165, 1.54) is 11.9 Å². The van der Waals surface area contributed by atoms with Crippen molar-refractivity contribution in [3.05, 3.63) is 41.7 Å². The molecule has 0 bridgehead atoms. The monoisotopic (exact) mass is 260 g/mol. The Labute approximate surface area is 111 Å². The molecule has 0 aliphatic rings. The summed E-state index contributed by atoms with van der Waals surface area (Å²) in [6, 6.07) is 9.58. The van der Waals surface area contributed by atoms with E-state index in [2.05, 4.69) is 15.4 Å². The molecule has 0 saturated carbocycles. The number of aryl methyl sites for hydroxylation is 2. The number of methoxy groups -OCH3 is 1. The van der Waals surface area contributed by atoms with E-state index < -0.39 is 0 Å². The molecule has 0 N–H and O–H groups in total. The van der Waals surface area contributed by atoms with Crippen molar-refractivity contribution < 1.29 is 9.53 Å². The molecule has 6 nitrogen and oxygen atoms in total. The topological polar surface area (TPSA) is 69.9 Å². The van der Waals surface area contributed by atoms with Gasteiger partial charge in [0, 0.05) is 6.42 Å². The molecule has 19 heavy (non-hydrogen) atoms. The smallest absolute Gasteiger partial charge is 0.313 e. The molecule has 1 aromatic heterocycles. The van der Waals surface area contributed by atoms with Gasteiger partial charge in [0.1, 0.15) is 0 Å². The van der Waals surface area contributed by atoms with Crippen LogP contribution in [-0.4, -0.2) is 33.3 Å². The Morgan fingerprint density at radius 1 is 1.37 bits per heavy atom. The van der Waals surface area contributed by atoms with Crippen LogP contribution in [0.5, 0.6) is 0 Å². The van der Waals surface area contributed by atoms with Gasteiger partial charge >= 0.3 is 5.97 Å². The molecule has 0 saturated heterocycles. The number of carbonyl (C=O) groups is 1. The molecule has 1 aromatic carbocycles. The first-order valence-electron chi connectivity index (χ1n) is 6.06. The summed E-state index contributed by atoms with van der Waals surface area (Å²) >= 11 is 0. The van der Waals surface area contributed by atoms with Crippen LogP contribution in [0.3, 0.4) is 0 Å². The summed E-state index contributed by atoms with van der Waals surface area (Å²) in [6.07, 6.45) is 1.19. The fourth-order valence-electron chi connectivity index (χ4n) is 1.95. The first kappa shape index (κ1) is 13.2. The first-order valence-corrected chi connectivity index (χ1v) is 6.06. The van der Waals surface area contributed by atoms with Crippen molar-refractivity contribution in [3.8, 4) is 0 Å². The molecule has 2 aromatic rings. The average molecular weight is 260 g/mol. The van der Waals surface area contributed by atoms with E-state index in [4.69, 9.17) is 4.74 Å². The van der Waals surface area contributed by atoms with E-state index in [1.54, 1.807) is 7.05 Å². The molecule has 0 radical (unpaired) electrons. The Kier molecular flexibility index (Phi) is 4.22. The van der Waals surface area contributed by atoms with Gasteiger partial charge in [-0.05, 0) is 17.2 Å². The second-order valence-corrected chi connectivity index (χ2v) is 4.22. The van der Waals surface area contributed by atoms with Gasteiger partial charge in [-0.2, -0.15) is 4.80 Å². The van der Waals surface area contributed by atoms with E-state index in [0.717, 1.165) is 5.56 Å². The lowest BCUT2D eigenvalue weighted by molar-refractivity contribution is -0.142. The van der Waals surface area contributed by atoms with Crippen LogP contribution in [0.25, 0.3) is 0 Å². The third kappa shape index (κ3) is 3.37. The van der Waals surface area contributed by atoms with Gasteiger partial charge in [0.15, 0.2) is 5.82 Å². The predicted octanol–water partition coefficient (Wildman–Crippen LogP) is 1.10. The molecule has 1 heterocycles. The Hall–Kier alpha value is -2.24. The van der Waals surface area contributed by atoms with E-state index in [-0.39, 0.29) is 11.9 Å². The molecule has 1 unspecified atom stereocenters. The molecule has 100 valence electrons. The van der Waals surface area contributed by atoms with Crippen molar-refractivity contribution in [2.24, 2.45) is 7.05 Å². The Morgan fingerprint density at radius 2 is 2.11 bits per heavy atom. The second-order valence-electron chi connectivity index (χ2n) is 4.22. The van der Waals surface area contributed by atoms with Gasteiger partial charge < -0.3 is 4.74 Å². The fourth-order valence-corrected chi connectivity index (χ4v) is 1.95. The van der Waals surface area contributed by atoms with E-state index in [0.29, 0.717) is 18.7 Å². The van der Waals surface area contributed by atoms with Crippen LogP contribution in [0.1, 0.15) is 23.7 Å². The maximum atomic E-state index is 11.9. The molecule has 0 fully saturated rings. The molecular formula is C13H16N4O2. The maximum Gasteiger partial charge on any atom is 0.313 e. The number of hydrogen-bond donors (Lipinski definition) is 0. The van der Waals surface area contributed by atoms with E-state index >= 15 is 0 Å². The van der Waals surface area contributed by atoms with Crippen LogP contribution in [0, 0.1) is 0 Å². The van der Waals surface area contributed by atoms with Crippen molar-refractivity contribution >= 4 is 5.97 Å². The summed E-state index contributed by atoms with van der Waals surface area (Å²) < 4.78 is 4.86. The molecule has 0 amide bonds. The lowest BCUT2D eigenvalue weighted by Crippen LogP contribution is -2.15. The molecule has 1 atom stereocenters. The predicted molar refractivity (Wildman–Crippen MR) is 68.3 cm³/mol. The van der Waals surface area contributed by atoms with E-state index in [9.17, 15) is 4.79 Å². The maximum absolute atomic E-state index is 11.9. The van der Waals surface area contributed by atoms with Crippen molar-refractivity contribution in [2.75, 3.05) is 7.11 Å². The van der Waals surface area contributed by atoms with Crippen LogP contribution < -0.4 is 0 Å². The highest BCUT2D eigenvalue weighted by Gasteiger charge is 2.21. The highest BCUT2D eigenvalue weighted by atomic mass is 16.5. The van der Waals surface area contributed by atoms with Crippen molar-refractivity contribution in [2.45, 2.75) is 18.8 Å². The number of nitrogens with zero attached hydrogens (tertiary/aromatic N) is 4. The van der Waals surface area contributed by atoms with Crippen molar-refractivity contribution in [1.82, 2.24) is 20.2 Å². The molecular weight excluding hydrogens is 244 g/mol. The summed E-state index contributed by atoms with van der Waals surface area (Å²) in [7, 11) is 3.12. The number of benzene rings is 1. The summed E-state index contributed by atoms with van der Waals surface area (Å²) in [4.78, 5) is 13.3. The van der Waals surface area contributed by atoms with Gasteiger partial charge in [-0.15, -0.1) is 10.2 Å². The molecule has 0 aliphatic carbocycles. The summed E-state index contributed by atoms with van der Waals surface area (Å²) in [5.41, 5.74) is 0.943. The molecule has 0 spiro atoms. The van der Waals surface area contributed by atoms with Gasteiger partial charge in [0.25, 0.3) is 0 Å². The SMILES string of the molecule is COC(=O)C(CCc1nnn(C)n1)c1ccccc1. The van der Waals surface area contributed by atoms with Gasteiger partial charge in [0.2, 0.25) is 0 Å². The van der Waals surface area contributed by atoms with Crippen LogP contribution in [0.2, 0.25) is 0 Å². The number of aromatic nitrogens is 4. The number of carbonyl (C=O) groups excluding carboxylic acids is 1. The highest BCUT2D eigenvalue weighted by molar-refractivity contribution is 5.78. The summed E-state index contributed by atoms with van der Waals surface area (Å²) in [5, 5.41) is 11.8. The van der Waals surface area contributed by atoms with Crippen molar-refractivity contribution in [1.29, 1.82) is 0 Å². The minimum atomic E-state index is -0.296. The van der Waals surface area contributed by atoms with Gasteiger partial charge in [-0.3, -0.25) is 4.79 Å². The third-order valence-corrected chi connectivity index (χ3v) is 2.89. The second kappa shape index (κ2) is 6.08. The lowest BCUT2D eigenvalue weighted by Gasteiger charge is -2.13. The average Bonchev–Trinajstić information content (AvgIpc) is 2.85. The fraction of sp³-hybridized carbons (Fsp3) is 0.385. The number of esters is 1. The standard InChI is InChI=1S/C13H16N4O2/c1-17-15-12(14-16-17)9-8-11(13(18)19-2)10-6-4-3-5-7-10/h3-7,11H,8-9H2,1-2H3. The highest BCUT2D eigenvalue weighted by Crippen LogP contribution is 2.22. The normalized spacial score (nSPS) is 12.1. The number of ether oxygens (including phenoxy) is 1. The van der Waals surface area contributed by atoms with Crippen LogP contribution in [0.15, 0.2) is 30.3 Å². The zero-order valence-corrected chi connectivity index (χ0v) is 11.0. The molecule has 6 heteroatoms. The Bertz CT molecular complexity index is 539. The van der Waals surface area contributed by atoms with Gasteiger partial charge in [0.05, 0.1) is 20.1 Å². The van der Waals surface area contributed by atoms with Crippen molar-refractivity contribution in [3.63, 3.8) is 0 Å². The number of tetrazole rings is 1. The minimum Gasteiger partial charge on any atom is -0.469 e. The zero-order valence-electron chi connectivity index (χ0n) is 11.0. The van der Waals surface area contributed by atoms with Gasteiger partial charge in [-0.1, -0.05) is 30.3 Å². The molecule has 2 rings (SSSR count). The lowest BCUT2D eigenvalue weighted by atomic mass is 9.94. The third-order valence-electron chi connectivity index (χ3n) is 2.89. The first-order chi connectivity index (χ1) is 9.20. The summed E-state index contributed by atoms with van der Waals surface area (Å²) in [5.74, 6) is 0.0948. The largest absolute Gasteiger partial charge is 0.469 e. The van der Waals surface area contributed by atoms with Gasteiger partial charge in [-0.25, -0.2) is 0 Å².